The zero-order chi connectivity index (χ0) is 15.2. The van der Waals surface area contributed by atoms with Crippen molar-refractivity contribution in [2.24, 2.45) is 0 Å². The van der Waals surface area contributed by atoms with Crippen molar-refractivity contribution < 1.29 is 4.52 Å². The van der Waals surface area contributed by atoms with E-state index >= 15 is 0 Å². The summed E-state index contributed by atoms with van der Waals surface area (Å²) in [6, 6.07) is 4.26. The Balaban J connectivity index is 1.95. The van der Waals surface area contributed by atoms with Crippen molar-refractivity contribution in [2.45, 2.75) is 46.6 Å². The van der Waals surface area contributed by atoms with Gasteiger partial charge in [0.05, 0.1) is 17.4 Å². The van der Waals surface area contributed by atoms with Gasteiger partial charge in [-0.2, -0.15) is 4.98 Å². The molecule has 5 nitrogen and oxygen atoms in total. The predicted molar refractivity (Wildman–Crippen MR) is 81.3 cm³/mol. The van der Waals surface area contributed by atoms with Crippen molar-refractivity contribution in [2.75, 3.05) is 0 Å². The van der Waals surface area contributed by atoms with Gasteiger partial charge in [0.1, 0.15) is 6.54 Å². The third-order valence-electron chi connectivity index (χ3n) is 3.68. The minimum atomic E-state index is -0.105. The molecule has 0 amide bonds. The Bertz CT molecular complexity index is 792. The molecule has 0 N–H and O–H groups in total. The van der Waals surface area contributed by atoms with Crippen molar-refractivity contribution in [1.82, 2.24) is 19.7 Å². The lowest BCUT2D eigenvalue weighted by molar-refractivity contribution is 0.358. The maximum absolute atomic E-state index is 5.36. The highest BCUT2D eigenvalue weighted by Crippen LogP contribution is 2.21. The van der Waals surface area contributed by atoms with Crippen LogP contribution >= 0.6 is 0 Å². The van der Waals surface area contributed by atoms with Gasteiger partial charge in [0.15, 0.2) is 5.82 Å². The number of imidazole rings is 1. The van der Waals surface area contributed by atoms with Crippen molar-refractivity contribution in [3.63, 3.8) is 0 Å². The lowest BCUT2D eigenvalue weighted by atomic mass is 9.96. The number of hydrogen-bond acceptors (Lipinski definition) is 4. The van der Waals surface area contributed by atoms with Gasteiger partial charge < -0.3 is 9.09 Å². The lowest BCUT2D eigenvalue weighted by Gasteiger charge is -2.10. The second-order valence-corrected chi connectivity index (χ2v) is 6.56. The molecule has 1 aromatic carbocycles. The molecule has 0 fully saturated rings. The van der Waals surface area contributed by atoms with Crippen molar-refractivity contribution in [3.05, 3.63) is 41.3 Å². The Labute approximate surface area is 124 Å². The van der Waals surface area contributed by atoms with Crippen LogP contribution in [0.5, 0.6) is 0 Å². The zero-order valence-electron chi connectivity index (χ0n) is 13.1. The van der Waals surface area contributed by atoms with Crippen molar-refractivity contribution in [3.8, 4) is 0 Å². The highest BCUT2D eigenvalue weighted by atomic mass is 16.5. The topological polar surface area (TPSA) is 56.7 Å². The predicted octanol–water partition coefficient (Wildman–Crippen LogP) is 3.38. The minimum Gasteiger partial charge on any atom is -0.337 e. The van der Waals surface area contributed by atoms with Crippen LogP contribution in [0.3, 0.4) is 0 Å². The number of rotatable bonds is 2. The quantitative estimate of drug-likeness (QED) is 0.724. The molecule has 0 saturated carbocycles. The lowest BCUT2D eigenvalue weighted by Crippen LogP contribution is -2.13. The first-order valence-corrected chi connectivity index (χ1v) is 7.10. The summed E-state index contributed by atoms with van der Waals surface area (Å²) in [6.07, 6.45) is 1.82. The monoisotopic (exact) mass is 284 g/mol. The number of nitrogens with zero attached hydrogens (tertiary/aromatic N) is 4. The van der Waals surface area contributed by atoms with Crippen LogP contribution in [-0.4, -0.2) is 19.7 Å². The molecule has 21 heavy (non-hydrogen) atoms. The van der Waals surface area contributed by atoms with Crippen LogP contribution in [0.15, 0.2) is 23.0 Å². The smallest absolute Gasteiger partial charge is 0.246 e. The number of aryl methyl sites for hydroxylation is 2. The van der Waals surface area contributed by atoms with Gasteiger partial charge in [-0.3, -0.25) is 0 Å². The van der Waals surface area contributed by atoms with E-state index in [1.165, 1.54) is 11.1 Å². The summed E-state index contributed by atoms with van der Waals surface area (Å²) in [5.41, 5.74) is 4.49. The van der Waals surface area contributed by atoms with E-state index in [1.54, 1.807) is 0 Å². The van der Waals surface area contributed by atoms with Crippen molar-refractivity contribution >= 4 is 11.0 Å². The summed E-state index contributed by atoms with van der Waals surface area (Å²) < 4.78 is 7.40. The first-order valence-electron chi connectivity index (χ1n) is 7.10. The molecule has 110 valence electrons. The molecule has 0 aliphatic carbocycles. The number of aromatic nitrogens is 4. The van der Waals surface area contributed by atoms with Gasteiger partial charge >= 0.3 is 0 Å². The summed E-state index contributed by atoms with van der Waals surface area (Å²) in [5.74, 6) is 1.34. The highest BCUT2D eigenvalue weighted by Gasteiger charge is 2.21. The maximum Gasteiger partial charge on any atom is 0.246 e. The van der Waals surface area contributed by atoms with Crippen LogP contribution in [0.25, 0.3) is 11.0 Å². The summed E-state index contributed by atoms with van der Waals surface area (Å²) in [7, 11) is 0. The first kappa shape index (κ1) is 13.8. The van der Waals surface area contributed by atoms with Crippen LogP contribution in [0.1, 0.15) is 43.6 Å². The first-order chi connectivity index (χ1) is 9.84. The van der Waals surface area contributed by atoms with E-state index in [1.807, 2.05) is 10.9 Å². The number of hydrogen-bond donors (Lipinski definition) is 0. The summed E-state index contributed by atoms with van der Waals surface area (Å²) in [6.45, 7) is 11.0. The van der Waals surface area contributed by atoms with Crippen LogP contribution in [0.2, 0.25) is 0 Å². The molecule has 0 spiro atoms. The fourth-order valence-corrected chi connectivity index (χ4v) is 2.21. The molecule has 3 rings (SSSR count). The molecule has 0 unspecified atom stereocenters. The van der Waals surface area contributed by atoms with Crippen LogP contribution < -0.4 is 0 Å². The Morgan fingerprint density at radius 1 is 1.14 bits per heavy atom. The van der Waals surface area contributed by atoms with Gasteiger partial charge in [0.25, 0.3) is 0 Å². The Hall–Kier alpha value is -2.17. The largest absolute Gasteiger partial charge is 0.337 e. The summed E-state index contributed by atoms with van der Waals surface area (Å²) >= 11 is 0. The van der Waals surface area contributed by atoms with Gasteiger partial charge in [-0.15, -0.1) is 0 Å². The standard InChI is InChI=1S/C16H20N4O/c1-10-6-12-13(7-11(10)2)20(9-17-12)8-14-18-15(19-21-14)16(3,4)5/h6-7,9H,8H2,1-5H3. The third-order valence-corrected chi connectivity index (χ3v) is 3.68. The summed E-state index contributed by atoms with van der Waals surface area (Å²) in [5, 5.41) is 4.06. The van der Waals surface area contributed by atoms with Crippen LogP contribution in [0, 0.1) is 13.8 Å². The molecule has 0 saturated heterocycles. The molecule has 0 aliphatic rings. The summed E-state index contributed by atoms with van der Waals surface area (Å²) in [4.78, 5) is 8.92. The normalized spacial score (nSPS) is 12.2. The Morgan fingerprint density at radius 3 is 2.52 bits per heavy atom. The zero-order valence-corrected chi connectivity index (χ0v) is 13.1. The third kappa shape index (κ3) is 2.55. The van der Waals surface area contributed by atoms with E-state index in [0.717, 1.165) is 16.9 Å². The van der Waals surface area contributed by atoms with E-state index in [0.29, 0.717) is 12.4 Å². The molecule has 0 bridgehead atoms. The Morgan fingerprint density at radius 2 is 1.86 bits per heavy atom. The molecule has 0 atom stereocenters. The highest BCUT2D eigenvalue weighted by molar-refractivity contribution is 5.77. The van der Waals surface area contributed by atoms with E-state index in [9.17, 15) is 0 Å². The van der Waals surface area contributed by atoms with Gasteiger partial charge in [-0.1, -0.05) is 25.9 Å². The van der Waals surface area contributed by atoms with Gasteiger partial charge in [-0.25, -0.2) is 4.98 Å². The molecule has 0 aliphatic heterocycles. The average Bonchev–Trinajstić information content (AvgIpc) is 2.99. The van der Waals surface area contributed by atoms with Gasteiger partial charge in [-0.05, 0) is 37.1 Å². The van der Waals surface area contributed by atoms with E-state index in [2.05, 4.69) is 61.9 Å². The maximum atomic E-state index is 5.36. The second kappa shape index (κ2) is 4.69. The van der Waals surface area contributed by atoms with Crippen LogP contribution in [-0.2, 0) is 12.0 Å². The number of fused-ring (bicyclic) bond motifs is 1. The number of benzene rings is 1. The fourth-order valence-electron chi connectivity index (χ4n) is 2.21. The van der Waals surface area contributed by atoms with E-state index < -0.39 is 0 Å². The van der Waals surface area contributed by atoms with Crippen molar-refractivity contribution in [1.29, 1.82) is 0 Å². The second-order valence-electron chi connectivity index (χ2n) is 6.56. The SMILES string of the molecule is Cc1cc2ncn(Cc3nc(C(C)(C)C)no3)c2cc1C. The molecule has 2 aromatic heterocycles. The molecular weight excluding hydrogens is 264 g/mol. The van der Waals surface area contributed by atoms with E-state index in [-0.39, 0.29) is 5.41 Å². The Kier molecular flexibility index (Phi) is 3.08. The van der Waals surface area contributed by atoms with Crippen LogP contribution in [0.4, 0.5) is 0 Å². The van der Waals surface area contributed by atoms with E-state index in [4.69, 9.17) is 4.52 Å². The average molecular weight is 284 g/mol. The molecule has 0 radical (unpaired) electrons. The van der Waals surface area contributed by atoms with Gasteiger partial charge in [0, 0.05) is 5.41 Å². The minimum absolute atomic E-state index is 0.105. The molecular formula is C16H20N4O. The molecule has 2 heterocycles. The molecule has 5 heteroatoms. The van der Waals surface area contributed by atoms with Gasteiger partial charge in [0.2, 0.25) is 5.89 Å². The fraction of sp³-hybridized carbons (Fsp3) is 0.438. The molecule has 3 aromatic rings.